The summed E-state index contributed by atoms with van der Waals surface area (Å²) in [6.45, 7) is 6.48. The molecule has 0 aliphatic heterocycles. The van der Waals surface area contributed by atoms with Gasteiger partial charge in [0.1, 0.15) is 0 Å². The quantitative estimate of drug-likeness (QED) is 0.877. The zero-order valence-electron chi connectivity index (χ0n) is 10.8. The van der Waals surface area contributed by atoms with Crippen LogP contribution in [0.1, 0.15) is 44.0 Å². The molecule has 1 aromatic rings. The molecule has 0 amide bonds. The van der Waals surface area contributed by atoms with E-state index in [0.29, 0.717) is 18.0 Å². The van der Waals surface area contributed by atoms with Crippen LogP contribution in [-0.4, -0.2) is 29.0 Å². The van der Waals surface area contributed by atoms with Gasteiger partial charge in [0.25, 0.3) is 0 Å². The molecule has 4 heteroatoms. The van der Waals surface area contributed by atoms with Gasteiger partial charge in [-0.15, -0.1) is 11.3 Å². The van der Waals surface area contributed by atoms with Gasteiger partial charge in [0.05, 0.1) is 5.51 Å². The smallest absolute Gasteiger partial charge is 0.0794 e. The Bertz CT molecular complexity index is 325. The minimum atomic E-state index is 0.477. The first-order chi connectivity index (χ1) is 8.27. The molecule has 1 heterocycles. The lowest BCUT2D eigenvalue weighted by Crippen LogP contribution is -2.41. The van der Waals surface area contributed by atoms with Crippen molar-refractivity contribution in [2.75, 3.05) is 13.1 Å². The SMILES string of the molecule is CCN(C(C)c1cncs1)C1CCCC1CN. The molecule has 1 fully saturated rings. The largest absolute Gasteiger partial charge is 0.330 e. The van der Waals surface area contributed by atoms with E-state index >= 15 is 0 Å². The zero-order valence-corrected chi connectivity index (χ0v) is 11.6. The van der Waals surface area contributed by atoms with Crippen molar-refractivity contribution in [1.82, 2.24) is 9.88 Å². The second-order valence-electron chi connectivity index (χ2n) is 4.90. The first-order valence-electron chi connectivity index (χ1n) is 6.62. The Hall–Kier alpha value is -0.450. The number of thiazole rings is 1. The van der Waals surface area contributed by atoms with Gasteiger partial charge in [-0.2, -0.15) is 0 Å². The lowest BCUT2D eigenvalue weighted by atomic mass is 10.0. The van der Waals surface area contributed by atoms with E-state index in [1.165, 1.54) is 24.1 Å². The average molecular weight is 253 g/mol. The molecule has 0 saturated heterocycles. The normalized spacial score (nSPS) is 26.6. The third kappa shape index (κ3) is 2.69. The standard InChI is InChI=1S/C13H23N3S/c1-3-16(10(2)13-8-15-9-17-13)12-6-4-5-11(12)7-14/h8-12H,3-7,14H2,1-2H3. The Morgan fingerprint density at radius 3 is 3.00 bits per heavy atom. The molecule has 96 valence electrons. The molecule has 3 atom stereocenters. The number of hydrogen-bond acceptors (Lipinski definition) is 4. The molecule has 1 aromatic heterocycles. The lowest BCUT2D eigenvalue weighted by molar-refractivity contribution is 0.125. The molecule has 1 saturated carbocycles. The van der Waals surface area contributed by atoms with Crippen molar-refractivity contribution in [3.05, 3.63) is 16.6 Å². The zero-order chi connectivity index (χ0) is 12.3. The van der Waals surface area contributed by atoms with Gasteiger partial charge in [-0.05, 0) is 38.8 Å². The van der Waals surface area contributed by atoms with E-state index < -0.39 is 0 Å². The first kappa shape index (κ1) is 13.0. The van der Waals surface area contributed by atoms with Crippen molar-refractivity contribution in [3.8, 4) is 0 Å². The second-order valence-corrected chi connectivity index (χ2v) is 5.82. The van der Waals surface area contributed by atoms with Crippen LogP contribution in [0.15, 0.2) is 11.7 Å². The van der Waals surface area contributed by atoms with Crippen LogP contribution in [0.3, 0.4) is 0 Å². The summed E-state index contributed by atoms with van der Waals surface area (Å²) in [5.41, 5.74) is 7.82. The highest BCUT2D eigenvalue weighted by Crippen LogP contribution is 2.35. The molecule has 0 aromatic carbocycles. The number of rotatable bonds is 5. The number of nitrogens with two attached hydrogens (primary N) is 1. The van der Waals surface area contributed by atoms with Gasteiger partial charge < -0.3 is 5.73 Å². The van der Waals surface area contributed by atoms with Crippen molar-refractivity contribution in [1.29, 1.82) is 0 Å². The van der Waals surface area contributed by atoms with Gasteiger partial charge in [-0.25, -0.2) is 0 Å². The van der Waals surface area contributed by atoms with Gasteiger partial charge in [-0.1, -0.05) is 13.3 Å². The van der Waals surface area contributed by atoms with Crippen LogP contribution in [0.2, 0.25) is 0 Å². The predicted octanol–water partition coefficient (Wildman–Crippen LogP) is 2.65. The molecular weight excluding hydrogens is 230 g/mol. The Morgan fingerprint density at radius 2 is 2.41 bits per heavy atom. The summed E-state index contributed by atoms with van der Waals surface area (Å²) < 4.78 is 0. The van der Waals surface area contributed by atoms with Gasteiger partial charge in [0.2, 0.25) is 0 Å². The maximum absolute atomic E-state index is 5.90. The van der Waals surface area contributed by atoms with Crippen LogP contribution in [0, 0.1) is 5.92 Å². The lowest BCUT2D eigenvalue weighted by Gasteiger charge is -2.36. The van der Waals surface area contributed by atoms with E-state index in [1.54, 1.807) is 11.3 Å². The van der Waals surface area contributed by atoms with Crippen molar-refractivity contribution >= 4 is 11.3 Å². The molecule has 0 radical (unpaired) electrons. The molecule has 0 spiro atoms. The summed E-state index contributed by atoms with van der Waals surface area (Å²) >= 11 is 1.76. The maximum Gasteiger partial charge on any atom is 0.0794 e. The molecule has 2 N–H and O–H groups in total. The highest BCUT2D eigenvalue weighted by molar-refractivity contribution is 7.09. The van der Waals surface area contributed by atoms with Gasteiger partial charge in [0.15, 0.2) is 0 Å². The van der Waals surface area contributed by atoms with Crippen LogP contribution in [0.25, 0.3) is 0 Å². The Kier molecular flexibility index (Phi) is 4.54. The Labute approximate surface area is 108 Å². The summed E-state index contributed by atoms with van der Waals surface area (Å²) in [6, 6.07) is 1.15. The van der Waals surface area contributed by atoms with E-state index in [1.807, 2.05) is 11.7 Å². The fourth-order valence-corrected chi connectivity index (χ4v) is 3.82. The van der Waals surface area contributed by atoms with E-state index in [9.17, 15) is 0 Å². The summed E-state index contributed by atoms with van der Waals surface area (Å²) in [7, 11) is 0. The number of hydrogen-bond donors (Lipinski definition) is 1. The topological polar surface area (TPSA) is 42.2 Å². The van der Waals surface area contributed by atoms with E-state index in [2.05, 4.69) is 23.7 Å². The van der Waals surface area contributed by atoms with E-state index in [4.69, 9.17) is 5.73 Å². The molecule has 2 rings (SSSR count). The third-order valence-electron chi connectivity index (χ3n) is 4.07. The monoisotopic (exact) mass is 253 g/mol. The van der Waals surface area contributed by atoms with Gasteiger partial charge in [0, 0.05) is 23.2 Å². The number of nitrogens with zero attached hydrogens (tertiary/aromatic N) is 2. The highest BCUT2D eigenvalue weighted by atomic mass is 32.1. The molecular formula is C13H23N3S. The van der Waals surface area contributed by atoms with Crippen LogP contribution in [0.4, 0.5) is 0 Å². The van der Waals surface area contributed by atoms with Crippen LogP contribution >= 0.6 is 11.3 Å². The maximum atomic E-state index is 5.90. The van der Waals surface area contributed by atoms with Gasteiger partial charge in [-0.3, -0.25) is 9.88 Å². The van der Waals surface area contributed by atoms with Crippen molar-refractivity contribution in [3.63, 3.8) is 0 Å². The van der Waals surface area contributed by atoms with E-state index in [0.717, 1.165) is 13.1 Å². The van der Waals surface area contributed by atoms with Crippen LogP contribution in [0.5, 0.6) is 0 Å². The Morgan fingerprint density at radius 1 is 1.59 bits per heavy atom. The molecule has 3 unspecified atom stereocenters. The number of aromatic nitrogens is 1. The summed E-state index contributed by atoms with van der Waals surface area (Å²) in [5.74, 6) is 0.685. The van der Waals surface area contributed by atoms with Crippen LogP contribution < -0.4 is 5.73 Å². The molecule has 17 heavy (non-hydrogen) atoms. The molecule has 1 aliphatic rings. The minimum Gasteiger partial charge on any atom is -0.330 e. The molecule has 3 nitrogen and oxygen atoms in total. The highest BCUT2D eigenvalue weighted by Gasteiger charge is 2.33. The first-order valence-corrected chi connectivity index (χ1v) is 7.50. The van der Waals surface area contributed by atoms with Gasteiger partial charge >= 0.3 is 0 Å². The van der Waals surface area contributed by atoms with Crippen molar-refractivity contribution in [2.24, 2.45) is 11.7 Å². The van der Waals surface area contributed by atoms with Crippen molar-refractivity contribution in [2.45, 2.75) is 45.2 Å². The summed E-state index contributed by atoms with van der Waals surface area (Å²) in [6.07, 6.45) is 5.94. The Balaban J connectivity index is 2.10. The molecule has 0 bridgehead atoms. The second kappa shape index (κ2) is 5.94. The predicted molar refractivity (Wildman–Crippen MR) is 73.1 cm³/mol. The van der Waals surface area contributed by atoms with E-state index in [-0.39, 0.29) is 0 Å². The minimum absolute atomic E-state index is 0.477. The summed E-state index contributed by atoms with van der Waals surface area (Å²) in [5, 5.41) is 0. The van der Waals surface area contributed by atoms with Crippen LogP contribution in [-0.2, 0) is 0 Å². The van der Waals surface area contributed by atoms with Crippen molar-refractivity contribution < 1.29 is 0 Å². The average Bonchev–Trinajstić information content (AvgIpc) is 3.01. The fourth-order valence-electron chi connectivity index (χ4n) is 3.12. The molecule has 1 aliphatic carbocycles. The third-order valence-corrected chi connectivity index (χ3v) is 5.02. The fraction of sp³-hybridized carbons (Fsp3) is 0.769. The summed E-state index contributed by atoms with van der Waals surface area (Å²) in [4.78, 5) is 8.17.